The second-order valence-corrected chi connectivity index (χ2v) is 10.6. The Morgan fingerprint density at radius 2 is 1.68 bits per heavy atom. The summed E-state index contributed by atoms with van der Waals surface area (Å²) in [6.45, 7) is 6.32. The quantitative estimate of drug-likeness (QED) is 0.300. The standard InChI is InChI=1S/C25H31NO7S/c1-17-13-18(2)16-26(15-17)34(29,30)24-14-20(9-10-23(24)31-4)25(28)33-12-11-32-22-8-6-5-7-21(22)19(3)27/h5-10,14,17-18H,11-13,15-16H2,1-4H3/t17-,18-/m1/s1. The van der Waals surface area contributed by atoms with Gasteiger partial charge >= 0.3 is 5.97 Å². The topological polar surface area (TPSA) is 99.2 Å². The predicted molar refractivity (Wildman–Crippen MR) is 127 cm³/mol. The van der Waals surface area contributed by atoms with E-state index in [2.05, 4.69) is 0 Å². The molecule has 2 aromatic carbocycles. The Labute approximate surface area is 200 Å². The molecule has 1 saturated heterocycles. The number of piperidine rings is 1. The minimum Gasteiger partial charge on any atom is -0.495 e. The van der Waals surface area contributed by atoms with Crippen molar-refractivity contribution in [2.75, 3.05) is 33.4 Å². The van der Waals surface area contributed by atoms with Crippen molar-refractivity contribution in [1.29, 1.82) is 0 Å². The first-order valence-electron chi connectivity index (χ1n) is 11.2. The number of benzene rings is 2. The molecule has 1 aliphatic rings. The van der Waals surface area contributed by atoms with E-state index in [1.807, 2.05) is 13.8 Å². The molecule has 0 amide bonds. The monoisotopic (exact) mass is 489 g/mol. The molecule has 8 nitrogen and oxygen atoms in total. The molecule has 0 aromatic heterocycles. The molecular formula is C25H31NO7S. The number of Topliss-reactive ketones (excluding diaryl/α,β-unsaturated/α-hetero) is 1. The van der Waals surface area contributed by atoms with E-state index in [0.29, 0.717) is 24.4 Å². The van der Waals surface area contributed by atoms with Crippen LogP contribution in [0.4, 0.5) is 0 Å². The number of esters is 1. The van der Waals surface area contributed by atoms with E-state index >= 15 is 0 Å². The molecule has 0 aliphatic carbocycles. The summed E-state index contributed by atoms with van der Waals surface area (Å²) < 4.78 is 44.4. The summed E-state index contributed by atoms with van der Waals surface area (Å²) in [7, 11) is -2.46. The second kappa shape index (κ2) is 11.0. The van der Waals surface area contributed by atoms with E-state index < -0.39 is 16.0 Å². The molecule has 184 valence electrons. The van der Waals surface area contributed by atoms with Crippen LogP contribution in [0.25, 0.3) is 0 Å². The van der Waals surface area contributed by atoms with E-state index in [4.69, 9.17) is 14.2 Å². The minimum absolute atomic E-state index is 0.0426. The fourth-order valence-electron chi connectivity index (χ4n) is 4.20. The lowest BCUT2D eigenvalue weighted by atomic mass is 9.94. The van der Waals surface area contributed by atoms with Gasteiger partial charge in [-0.1, -0.05) is 26.0 Å². The summed E-state index contributed by atoms with van der Waals surface area (Å²) in [4.78, 5) is 24.2. The lowest BCUT2D eigenvalue weighted by Crippen LogP contribution is -2.42. The van der Waals surface area contributed by atoms with Gasteiger partial charge in [-0.25, -0.2) is 13.2 Å². The van der Waals surface area contributed by atoms with Crippen LogP contribution in [0.15, 0.2) is 47.4 Å². The van der Waals surface area contributed by atoms with Crippen LogP contribution in [0.1, 0.15) is 47.9 Å². The molecule has 3 rings (SSSR count). The summed E-state index contributed by atoms with van der Waals surface area (Å²) in [5.74, 6) is 0.261. The fraction of sp³-hybridized carbons (Fsp3) is 0.440. The second-order valence-electron chi connectivity index (χ2n) is 8.67. The number of carbonyl (C=O) groups excluding carboxylic acids is 2. The number of nitrogens with zero attached hydrogens (tertiary/aromatic N) is 1. The van der Waals surface area contributed by atoms with Crippen molar-refractivity contribution < 1.29 is 32.2 Å². The molecule has 0 unspecified atom stereocenters. The van der Waals surface area contributed by atoms with Gasteiger partial charge in [0.15, 0.2) is 5.78 Å². The highest BCUT2D eigenvalue weighted by Gasteiger charge is 2.34. The Hall–Kier alpha value is -2.91. The summed E-state index contributed by atoms with van der Waals surface area (Å²) in [5.41, 5.74) is 0.543. The maximum atomic E-state index is 13.4. The van der Waals surface area contributed by atoms with Crippen LogP contribution in [0.2, 0.25) is 0 Å². The summed E-state index contributed by atoms with van der Waals surface area (Å²) in [6.07, 6.45) is 0.967. The lowest BCUT2D eigenvalue weighted by Gasteiger charge is -2.34. The van der Waals surface area contributed by atoms with E-state index in [0.717, 1.165) is 6.42 Å². The molecule has 1 aliphatic heterocycles. The average Bonchev–Trinajstić information content (AvgIpc) is 2.80. The van der Waals surface area contributed by atoms with Crippen LogP contribution >= 0.6 is 0 Å². The molecule has 0 bridgehead atoms. The summed E-state index contributed by atoms with van der Waals surface area (Å²) >= 11 is 0. The SMILES string of the molecule is COc1ccc(C(=O)OCCOc2ccccc2C(C)=O)cc1S(=O)(=O)N1C[C@H](C)C[C@@H](C)C1. The third-order valence-electron chi connectivity index (χ3n) is 5.69. The molecule has 9 heteroatoms. The smallest absolute Gasteiger partial charge is 0.338 e. The van der Waals surface area contributed by atoms with Crippen molar-refractivity contribution in [2.45, 2.75) is 32.1 Å². The van der Waals surface area contributed by atoms with E-state index in [1.165, 1.54) is 36.5 Å². The van der Waals surface area contributed by atoms with Gasteiger partial charge in [-0.3, -0.25) is 4.79 Å². The summed E-state index contributed by atoms with van der Waals surface area (Å²) in [6, 6.07) is 11.0. The van der Waals surface area contributed by atoms with Crippen molar-refractivity contribution in [2.24, 2.45) is 11.8 Å². The molecule has 0 saturated carbocycles. The van der Waals surface area contributed by atoms with E-state index in [-0.39, 0.29) is 47.0 Å². The largest absolute Gasteiger partial charge is 0.495 e. The number of ketones is 1. The fourth-order valence-corrected chi connectivity index (χ4v) is 6.06. The van der Waals surface area contributed by atoms with Gasteiger partial charge in [0.05, 0.1) is 18.2 Å². The molecule has 0 radical (unpaired) electrons. The third-order valence-corrected chi connectivity index (χ3v) is 7.55. The third kappa shape index (κ3) is 5.95. The molecule has 34 heavy (non-hydrogen) atoms. The van der Waals surface area contributed by atoms with Crippen LogP contribution in [0, 0.1) is 11.8 Å². The maximum absolute atomic E-state index is 13.4. The normalized spacial score (nSPS) is 18.8. The van der Waals surface area contributed by atoms with Gasteiger partial charge < -0.3 is 14.2 Å². The summed E-state index contributed by atoms with van der Waals surface area (Å²) in [5, 5.41) is 0. The Bertz CT molecular complexity index is 1140. The van der Waals surface area contributed by atoms with Gasteiger partial charge in [-0.2, -0.15) is 4.31 Å². The van der Waals surface area contributed by atoms with Crippen LogP contribution in [0.5, 0.6) is 11.5 Å². The lowest BCUT2D eigenvalue weighted by molar-refractivity contribution is 0.0449. The van der Waals surface area contributed by atoms with Crippen LogP contribution < -0.4 is 9.47 Å². The molecule has 2 aromatic rings. The average molecular weight is 490 g/mol. The van der Waals surface area contributed by atoms with Crippen molar-refractivity contribution in [3.8, 4) is 11.5 Å². The Balaban J connectivity index is 1.70. The number of rotatable bonds is 9. The van der Waals surface area contributed by atoms with Gasteiger partial charge in [0.1, 0.15) is 29.6 Å². The number of sulfonamides is 1. The highest BCUT2D eigenvalue weighted by molar-refractivity contribution is 7.89. The molecule has 0 N–H and O–H groups in total. The van der Waals surface area contributed by atoms with Crippen LogP contribution in [-0.2, 0) is 14.8 Å². The van der Waals surface area contributed by atoms with Gasteiger partial charge in [0.2, 0.25) is 10.0 Å². The van der Waals surface area contributed by atoms with Crippen molar-refractivity contribution in [3.63, 3.8) is 0 Å². The van der Waals surface area contributed by atoms with Gasteiger partial charge in [-0.15, -0.1) is 0 Å². The zero-order chi connectivity index (χ0) is 24.9. The van der Waals surface area contributed by atoms with Gasteiger partial charge in [-0.05, 0) is 55.5 Å². The Morgan fingerprint density at radius 1 is 1.00 bits per heavy atom. The zero-order valence-corrected chi connectivity index (χ0v) is 20.8. The molecule has 2 atom stereocenters. The predicted octanol–water partition coefficient (Wildman–Crippen LogP) is 3.80. The van der Waals surface area contributed by atoms with Gasteiger partial charge in [0.25, 0.3) is 0 Å². The number of methoxy groups -OCH3 is 1. The number of hydrogen-bond acceptors (Lipinski definition) is 7. The minimum atomic E-state index is -3.86. The Morgan fingerprint density at radius 3 is 2.32 bits per heavy atom. The molecular weight excluding hydrogens is 458 g/mol. The number of carbonyl (C=O) groups is 2. The maximum Gasteiger partial charge on any atom is 0.338 e. The van der Waals surface area contributed by atoms with Crippen LogP contribution in [0.3, 0.4) is 0 Å². The van der Waals surface area contributed by atoms with Crippen LogP contribution in [-0.4, -0.2) is 57.9 Å². The Kier molecular flexibility index (Phi) is 8.33. The first-order valence-corrected chi connectivity index (χ1v) is 12.7. The van der Waals surface area contributed by atoms with Gasteiger partial charge in [0, 0.05) is 13.1 Å². The number of ether oxygens (including phenoxy) is 3. The zero-order valence-electron chi connectivity index (χ0n) is 19.9. The van der Waals surface area contributed by atoms with E-state index in [9.17, 15) is 18.0 Å². The van der Waals surface area contributed by atoms with E-state index in [1.54, 1.807) is 24.3 Å². The first-order chi connectivity index (χ1) is 16.1. The highest BCUT2D eigenvalue weighted by atomic mass is 32.2. The first kappa shape index (κ1) is 25.7. The highest BCUT2D eigenvalue weighted by Crippen LogP contribution is 2.32. The number of hydrogen-bond donors (Lipinski definition) is 0. The van der Waals surface area contributed by atoms with Crippen molar-refractivity contribution in [1.82, 2.24) is 4.31 Å². The van der Waals surface area contributed by atoms with Crippen molar-refractivity contribution >= 4 is 21.8 Å². The molecule has 1 fully saturated rings. The molecule has 0 spiro atoms. The number of para-hydroxylation sites is 1. The van der Waals surface area contributed by atoms with Crippen molar-refractivity contribution in [3.05, 3.63) is 53.6 Å². The molecule has 1 heterocycles.